The molecule has 0 atom stereocenters. The van der Waals surface area contributed by atoms with Crippen LogP contribution in [0.15, 0.2) is 42.5 Å². The van der Waals surface area contributed by atoms with Gasteiger partial charge in [0.15, 0.2) is 0 Å². The fourth-order valence-corrected chi connectivity index (χ4v) is 1.92. The SMILES string of the molecule is CNC(=O)c1cccc(NC(=O)c2cc(Cl)ccc2F)c1. The smallest absolute Gasteiger partial charge is 0.258 e. The lowest BCUT2D eigenvalue weighted by molar-refractivity contribution is 0.0961. The molecule has 2 aromatic rings. The molecule has 21 heavy (non-hydrogen) atoms. The van der Waals surface area contributed by atoms with Crippen LogP contribution in [0.2, 0.25) is 5.02 Å². The van der Waals surface area contributed by atoms with Gasteiger partial charge in [-0.1, -0.05) is 17.7 Å². The number of benzene rings is 2. The lowest BCUT2D eigenvalue weighted by Crippen LogP contribution is -2.18. The van der Waals surface area contributed by atoms with Crippen LogP contribution in [-0.4, -0.2) is 18.9 Å². The van der Waals surface area contributed by atoms with Crippen molar-refractivity contribution in [1.29, 1.82) is 0 Å². The minimum Gasteiger partial charge on any atom is -0.355 e. The molecule has 0 aliphatic rings. The zero-order chi connectivity index (χ0) is 15.4. The minimum atomic E-state index is -0.667. The van der Waals surface area contributed by atoms with Gasteiger partial charge in [0.25, 0.3) is 11.8 Å². The zero-order valence-corrected chi connectivity index (χ0v) is 11.9. The Bertz CT molecular complexity index is 704. The highest BCUT2D eigenvalue weighted by atomic mass is 35.5. The molecule has 0 saturated heterocycles. The van der Waals surface area contributed by atoms with Gasteiger partial charge in [0.2, 0.25) is 0 Å². The molecule has 0 saturated carbocycles. The summed E-state index contributed by atoms with van der Waals surface area (Å²) in [6, 6.07) is 10.1. The molecule has 0 fully saturated rings. The number of carbonyl (C=O) groups excluding carboxylic acids is 2. The number of amides is 2. The monoisotopic (exact) mass is 306 g/mol. The van der Waals surface area contributed by atoms with Crippen LogP contribution in [0.25, 0.3) is 0 Å². The van der Waals surface area contributed by atoms with Crippen molar-refractivity contribution in [2.24, 2.45) is 0 Å². The first-order chi connectivity index (χ1) is 10.0. The Morgan fingerprint density at radius 2 is 1.86 bits per heavy atom. The van der Waals surface area contributed by atoms with E-state index in [4.69, 9.17) is 11.6 Å². The van der Waals surface area contributed by atoms with E-state index in [2.05, 4.69) is 10.6 Å². The maximum absolute atomic E-state index is 13.6. The molecule has 0 aromatic heterocycles. The van der Waals surface area contributed by atoms with Crippen LogP contribution < -0.4 is 10.6 Å². The van der Waals surface area contributed by atoms with E-state index in [1.807, 2.05) is 0 Å². The van der Waals surface area contributed by atoms with Crippen LogP contribution in [0.3, 0.4) is 0 Å². The number of anilines is 1. The minimum absolute atomic E-state index is 0.159. The molecule has 2 N–H and O–H groups in total. The highest BCUT2D eigenvalue weighted by Crippen LogP contribution is 2.17. The summed E-state index contributed by atoms with van der Waals surface area (Å²) in [6.45, 7) is 0. The molecule has 2 amide bonds. The second-order valence-electron chi connectivity index (χ2n) is 4.24. The largest absolute Gasteiger partial charge is 0.355 e. The Balaban J connectivity index is 2.23. The van der Waals surface area contributed by atoms with Gasteiger partial charge in [-0.3, -0.25) is 9.59 Å². The van der Waals surface area contributed by atoms with Crippen LogP contribution in [0, 0.1) is 5.82 Å². The van der Waals surface area contributed by atoms with Gasteiger partial charge >= 0.3 is 0 Å². The van der Waals surface area contributed by atoms with Crippen molar-refractivity contribution in [3.63, 3.8) is 0 Å². The third-order valence-corrected chi connectivity index (χ3v) is 3.02. The second kappa shape index (κ2) is 6.37. The summed E-state index contributed by atoms with van der Waals surface area (Å²) >= 11 is 5.75. The predicted octanol–water partition coefficient (Wildman–Crippen LogP) is 3.09. The van der Waals surface area contributed by atoms with Crippen LogP contribution in [-0.2, 0) is 0 Å². The third kappa shape index (κ3) is 3.58. The molecule has 0 aliphatic heterocycles. The molecule has 108 valence electrons. The van der Waals surface area contributed by atoms with Crippen molar-refractivity contribution in [1.82, 2.24) is 5.32 Å². The first-order valence-electron chi connectivity index (χ1n) is 6.10. The average molecular weight is 307 g/mol. The molecular weight excluding hydrogens is 295 g/mol. The van der Waals surface area contributed by atoms with E-state index >= 15 is 0 Å². The van der Waals surface area contributed by atoms with Crippen LogP contribution in [0.5, 0.6) is 0 Å². The van der Waals surface area contributed by atoms with E-state index in [0.717, 1.165) is 6.07 Å². The quantitative estimate of drug-likeness (QED) is 0.915. The van der Waals surface area contributed by atoms with E-state index in [1.54, 1.807) is 18.2 Å². The van der Waals surface area contributed by atoms with Crippen molar-refractivity contribution >= 4 is 29.1 Å². The van der Waals surface area contributed by atoms with Crippen LogP contribution in [0.1, 0.15) is 20.7 Å². The van der Waals surface area contributed by atoms with Crippen molar-refractivity contribution in [3.8, 4) is 0 Å². The fourth-order valence-electron chi connectivity index (χ4n) is 1.75. The highest BCUT2D eigenvalue weighted by molar-refractivity contribution is 6.31. The third-order valence-electron chi connectivity index (χ3n) is 2.78. The van der Waals surface area contributed by atoms with Gasteiger partial charge in [-0.05, 0) is 36.4 Å². The van der Waals surface area contributed by atoms with Gasteiger partial charge in [-0.15, -0.1) is 0 Å². The molecule has 2 rings (SSSR count). The molecule has 4 nitrogen and oxygen atoms in total. The van der Waals surface area contributed by atoms with Gasteiger partial charge in [0, 0.05) is 23.3 Å². The predicted molar refractivity (Wildman–Crippen MR) is 79.2 cm³/mol. The summed E-state index contributed by atoms with van der Waals surface area (Å²) in [6.07, 6.45) is 0. The van der Waals surface area contributed by atoms with Crippen molar-refractivity contribution in [3.05, 3.63) is 64.4 Å². The lowest BCUT2D eigenvalue weighted by Gasteiger charge is -2.08. The lowest BCUT2D eigenvalue weighted by atomic mass is 10.1. The Morgan fingerprint density at radius 3 is 2.57 bits per heavy atom. The summed E-state index contributed by atoms with van der Waals surface area (Å²) in [5, 5.41) is 5.27. The number of rotatable bonds is 3. The molecular formula is C15H12ClFN2O2. The van der Waals surface area contributed by atoms with Crippen molar-refractivity contribution in [2.75, 3.05) is 12.4 Å². The fraction of sp³-hybridized carbons (Fsp3) is 0.0667. The van der Waals surface area contributed by atoms with Crippen molar-refractivity contribution < 1.29 is 14.0 Å². The van der Waals surface area contributed by atoms with Crippen LogP contribution >= 0.6 is 11.6 Å². The van der Waals surface area contributed by atoms with Gasteiger partial charge < -0.3 is 10.6 Å². The number of halogens is 2. The van der Waals surface area contributed by atoms with Crippen molar-refractivity contribution in [2.45, 2.75) is 0 Å². The standard InChI is InChI=1S/C15H12ClFN2O2/c1-18-14(20)9-3-2-4-11(7-9)19-15(21)12-8-10(16)5-6-13(12)17/h2-8H,1H3,(H,18,20)(H,19,21). The Labute approximate surface area is 125 Å². The second-order valence-corrected chi connectivity index (χ2v) is 4.67. The van der Waals surface area contributed by atoms with E-state index in [9.17, 15) is 14.0 Å². The summed E-state index contributed by atoms with van der Waals surface area (Å²) in [5.41, 5.74) is 0.621. The number of hydrogen-bond donors (Lipinski definition) is 2. The molecule has 0 spiro atoms. The molecule has 6 heteroatoms. The maximum atomic E-state index is 13.6. The summed E-state index contributed by atoms with van der Waals surface area (Å²) in [4.78, 5) is 23.5. The Hall–Kier alpha value is -2.40. The molecule has 0 heterocycles. The summed E-state index contributed by atoms with van der Waals surface area (Å²) in [5.74, 6) is -1.58. The van der Waals surface area contributed by atoms with E-state index in [1.165, 1.54) is 25.2 Å². The molecule has 2 aromatic carbocycles. The summed E-state index contributed by atoms with van der Waals surface area (Å²) < 4.78 is 13.6. The van der Waals surface area contributed by atoms with Gasteiger partial charge in [0.1, 0.15) is 5.82 Å². The summed E-state index contributed by atoms with van der Waals surface area (Å²) in [7, 11) is 1.51. The number of hydrogen-bond acceptors (Lipinski definition) is 2. The Morgan fingerprint density at radius 1 is 1.10 bits per heavy atom. The van der Waals surface area contributed by atoms with E-state index in [0.29, 0.717) is 11.3 Å². The number of nitrogens with one attached hydrogen (secondary N) is 2. The van der Waals surface area contributed by atoms with E-state index in [-0.39, 0.29) is 16.5 Å². The molecule has 0 bridgehead atoms. The van der Waals surface area contributed by atoms with Gasteiger partial charge in [0.05, 0.1) is 5.56 Å². The number of carbonyl (C=O) groups is 2. The van der Waals surface area contributed by atoms with Crippen LogP contribution in [0.4, 0.5) is 10.1 Å². The molecule has 0 unspecified atom stereocenters. The van der Waals surface area contributed by atoms with E-state index < -0.39 is 11.7 Å². The molecule has 0 radical (unpaired) electrons. The maximum Gasteiger partial charge on any atom is 0.258 e. The topological polar surface area (TPSA) is 58.2 Å². The normalized spacial score (nSPS) is 10.0. The first-order valence-corrected chi connectivity index (χ1v) is 6.47. The Kier molecular flexibility index (Phi) is 4.55. The first kappa shape index (κ1) is 15.0. The zero-order valence-electron chi connectivity index (χ0n) is 11.1. The molecule has 0 aliphatic carbocycles. The highest BCUT2D eigenvalue weighted by Gasteiger charge is 2.13. The van der Waals surface area contributed by atoms with Gasteiger partial charge in [-0.25, -0.2) is 4.39 Å². The average Bonchev–Trinajstić information content (AvgIpc) is 2.49. The van der Waals surface area contributed by atoms with Gasteiger partial charge in [-0.2, -0.15) is 0 Å².